The number of nitrogens with one attached hydrogen (secondary N) is 2. The summed E-state index contributed by atoms with van der Waals surface area (Å²) in [6.07, 6.45) is 0. The van der Waals surface area contributed by atoms with Gasteiger partial charge in [-0.2, -0.15) is 0 Å². The van der Waals surface area contributed by atoms with Crippen LogP contribution in [0.15, 0.2) is 22.7 Å². The molecule has 0 aliphatic heterocycles. The molecule has 2 N–H and O–H groups in total. The van der Waals surface area contributed by atoms with Crippen LogP contribution in [-0.4, -0.2) is 19.0 Å². The van der Waals surface area contributed by atoms with Crippen LogP contribution in [0.4, 0.5) is 10.1 Å². The zero-order chi connectivity index (χ0) is 12.8. The van der Waals surface area contributed by atoms with Gasteiger partial charge in [0.05, 0.1) is 5.69 Å². The van der Waals surface area contributed by atoms with Crippen molar-refractivity contribution in [3.8, 4) is 0 Å². The maximum Gasteiger partial charge on any atom is 0.228 e. The molecule has 0 heterocycles. The number of carbonyl (C=O) groups is 1. The van der Waals surface area contributed by atoms with Gasteiger partial charge in [0.2, 0.25) is 5.91 Å². The van der Waals surface area contributed by atoms with E-state index in [1.807, 2.05) is 6.92 Å². The van der Waals surface area contributed by atoms with Crippen molar-refractivity contribution in [2.75, 3.05) is 18.4 Å². The molecule has 0 aliphatic rings. The second-order valence-corrected chi connectivity index (χ2v) is 4.74. The van der Waals surface area contributed by atoms with Gasteiger partial charge in [-0.3, -0.25) is 4.79 Å². The lowest BCUT2D eigenvalue weighted by atomic mass is 10.1. The van der Waals surface area contributed by atoms with E-state index in [0.717, 1.165) is 11.0 Å². The number of carbonyl (C=O) groups excluding carboxylic acids is 1. The van der Waals surface area contributed by atoms with Gasteiger partial charge in [-0.15, -0.1) is 0 Å². The lowest BCUT2D eigenvalue weighted by Crippen LogP contribution is -2.30. The summed E-state index contributed by atoms with van der Waals surface area (Å²) in [5.74, 6) is -0.825. The Morgan fingerprint density at radius 2 is 2.24 bits per heavy atom. The Morgan fingerprint density at radius 3 is 2.88 bits per heavy atom. The summed E-state index contributed by atoms with van der Waals surface area (Å²) in [5, 5.41) is 5.65. The van der Waals surface area contributed by atoms with E-state index in [-0.39, 0.29) is 17.5 Å². The number of anilines is 1. The van der Waals surface area contributed by atoms with E-state index < -0.39 is 5.82 Å². The molecular weight excluding hydrogens is 287 g/mol. The average Bonchev–Trinajstić information content (AvgIpc) is 2.30. The van der Waals surface area contributed by atoms with Crippen LogP contribution in [0.2, 0.25) is 0 Å². The molecule has 0 radical (unpaired) electrons. The molecule has 1 amide bonds. The van der Waals surface area contributed by atoms with Crippen LogP contribution in [0, 0.1) is 11.7 Å². The summed E-state index contributed by atoms with van der Waals surface area (Å²) in [5.41, 5.74) is 0.202. The van der Waals surface area contributed by atoms with E-state index in [2.05, 4.69) is 26.6 Å². The molecule has 1 unspecified atom stereocenters. The van der Waals surface area contributed by atoms with Crippen LogP contribution >= 0.6 is 15.9 Å². The molecule has 3 nitrogen and oxygen atoms in total. The molecule has 94 valence electrons. The lowest BCUT2D eigenvalue weighted by Gasteiger charge is -2.13. The summed E-state index contributed by atoms with van der Waals surface area (Å²) >= 11 is 3.23. The SMILES string of the molecule is CCNCC(C)C(=O)Nc1cc(Br)ccc1F. The number of rotatable bonds is 5. The summed E-state index contributed by atoms with van der Waals surface area (Å²) in [7, 11) is 0. The van der Waals surface area contributed by atoms with Crippen molar-refractivity contribution in [3.05, 3.63) is 28.5 Å². The molecule has 17 heavy (non-hydrogen) atoms. The monoisotopic (exact) mass is 302 g/mol. The number of benzene rings is 1. The van der Waals surface area contributed by atoms with Crippen LogP contribution in [0.5, 0.6) is 0 Å². The predicted octanol–water partition coefficient (Wildman–Crippen LogP) is 2.77. The standard InChI is InChI=1S/C12H16BrFN2O/c1-3-15-7-8(2)12(17)16-11-6-9(13)4-5-10(11)14/h4-6,8,15H,3,7H2,1-2H3,(H,16,17). The lowest BCUT2D eigenvalue weighted by molar-refractivity contribution is -0.119. The highest BCUT2D eigenvalue weighted by Crippen LogP contribution is 2.20. The molecule has 1 aromatic rings. The third-order valence-electron chi connectivity index (χ3n) is 2.33. The summed E-state index contributed by atoms with van der Waals surface area (Å²) in [6, 6.07) is 4.45. The van der Waals surface area contributed by atoms with E-state index >= 15 is 0 Å². The first-order valence-corrected chi connectivity index (χ1v) is 6.30. The van der Waals surface area contributed by atoms with E-state index in [1.54, 1.807) is 19.1 Å². The molecule has 0 fully saturated rings. The molecule has 0 bridgehead atoms. The van der Waals surface area contributed by atoms with Crippen LogP contribution < -0.4 is 10.6 Å². The van der Waals surface area contributed by atoms with Crippen molar-refractivity contribution in [2.45, 2.75) is 13.8 Å². The highest BCUT2D eigenvalue weighted by atomic mass is 79.9. The zero-order valence-corrected chi connectivity index (χ0v) is 11.5. The molecule has 0 aromatic heterocycles. The fourth-order valence-electron chi connectivity index (χ4n) is 1.30. The second-order valence-electron chi connectivity index (χ2n) is 3.82. The van der Waals surface area contributed by atoms with Crippen LogP contribution in [-0.2, 0) is 4.79 Å². The number of amides is 1. The first-order valence-electron chi connectivity index (χ1n) is 5.51. The average molecular weight is 303 g/mol. The van der Waals surface area contributed by atoms with Gasteiger partial charge in [-0.05, 0) is 24.7 Å². The fraction of sp³-hybridized carbons (Fsp3) is 0.417. The Labute approximate surface area is 109 Å². The molecule has 0 saturated carbocycles. The maximum absolute atomic E-state index is 13.4. The normalized spacial score (nSPS) is 12.2. The van der Waals surface area contributed by atoms with Crippen molar-refractivity contribution in [2.24, 2.45) is 5.92 Å². The van der Waals surface area contributed by atoms with Gasteiger partial charge in [-0.1, -0.05) is 29.8 Å². The largest absolute Gasteiger partial charge is 0.323 e. The minimum Gasteiger partial charge on any atom is -0.323 e. The van der Waals surface area contributed by atoms with Gasteiger partial charge in [0.15, 0.2) is 0 Å². The first kappa shape index (κ1) is 14.1. The van der Waals surface area contributed by atoms with Gasteiger partial charge in [-0.25, -0.2) is 4.39 Å². The van der Waals surface area contributed by atoms with Crippen molar-refractivity contribution in [1.29, 1.82) is 0 Å². The third-order valence-corrected chi connectivity index (χ3v) is 2.83. The number of hydrogen-bond donors (Lipinski definition) is 2. The molecule has 1 aromatic carbocycles. The summed E-state index contributed by atoms with van der Waals surface area (Å²) < 4.78 is 14.1. The van der Waals surface area contributed by atoms with Gasteiger partial charge in [0.1, 0.15) is 5.82 Å². The van der Waals surface area contributed by atoms with Crippen molar-refractivity contribution >= 4 is 27.5 Å². The van der Waals surface area contributed by atoms with Gasteiger partial charge < -0.3 is 10.6 Å². The highest BCUT2D eigenvalue weighted by Gasteiger charge is 2.14. The minimum absolute atomic E-state index is 0.192. The second kappa shape index (κ2) is 6.71. The minimum atomic E-state index is -0.433. The van der Waals surface area contributed by atoms with Gasteiger partial charge in [0.25, 0.3) is 0 Å². The van der Waals surface area contributed by atoms with Crippen LogP contribution in [0.25, 0.3) is 0 Å². The zero-order valence-electron chi connectivity index (χ0n) is 9.89. The molecule has 1 rings (SSSR count). The van der Waals surface area contributed by atoms with E-state index in [4.69, 9.17) is 0 Å². The number of hydrogen-bond acceptors (Lipinski definition) is 2. The highest BCUT2D eigenvalue weighted by molar-refractivity contribution is 9.10. The Bertz CT molecular complexity index is 398. The Balaban J connectivity index is 2.64. The van der Waals surface area contributed by atoms with E-state index in [9.17, 15) is 9.18 Å². The topological polar surface area (TPSA) is 41.1 Å². The van der Waals surface area contributed by atoms with Crippen molar-refractivity contribution in [3.63, 3.8) is 0 Å². The Kier molecular flexibility index (Phi) is 5.58. The molecule has 0 spiro atoms. The predicted molar refractivity (Wildman–Crippen MR) is 70.4 cm³/mol. The Morgan fingerprint density at radius 1 is 1.53 bits per heavy atom. The van der Waals surface area contributed by atoms with Crippen molar-refractivity contribution in [1.82, 2.24) is 5.32 Å². The first-order chi connectivity index (χ1) is 8.04. The smallest absolute Gasteiger partial charge is 0.228 e. The Hall–Kier alpha value is -0.940. The summed E-state index contributed by atoms with van der Waals surface area (Å²) in [6.45, 7) is 5.16. The third kappa shape index (κ3) is 4.44. The van der Waals surface area contributed by atoms with Crippen LogP contribution in [0.1, 0.15) is 13.8 Å². The van der Waals surface area contributed by atoms with E-state index in [1.165, 1.54) is 6.07 Å². The van der Waals surface area contributed by atoms with Crippen molar-refractivity contribution < 1.29 is 9.18 Å². The quantitative estimate of drug-likeness (QED) is 0.878. The van der Waals surface area contributed by atoms with Gasteiger partial charge >= 0.3 is 0 Å². The molecular formula is C12H16BrFN2O. The number of halogens is 2. The molecule has 0 saturated heterocycles. The van der Waals surface area contributed by atoms with Gasteiger partial charge in [0, 0.05) is 16.9 Å². The molecule has 5 heteroatoms. The maximum atomic E-state index is 13.4. The molecule has 0 aliphatic carbocycles. The molecule has 1 atom stereocenters. The summed E-state index contributed by atoms with van der Waals surface area (Å²) in [4.78, 5) is 11.7. The van der Waals surface area contributed by atoms with E-state index in [0.29, 0.717) is 6.54 Å². The fourth-order valence-corrected chi connectivity index (χ4v) is 1.66. The van der Waals surface area contributed by atoms with Crippen LogP contribution in [0.3, 0.4) is 0 Å².